The molecule has 30 heavy (non-hydrogen) atoms. The van der Waals surface area contributed by atoms with Crippen LogP contribution in [-0.2, 0) is 0 Å². The molecule has 0 aliphatic rings. The van der Waals surface area contributed by atoms with Gasteiger partial charge in [0.1, 0.15) is 0 Å². The maximum absolute atomic E-state index is 4.94. The third-order valence-corrected chi connectivity index (χ3v) is 5.90. The molecule has 0 atom stereocenters. The van der Waals surface area contributed by atoms with Crippen LogP contribution in [0.15, 0.2) is 103 Å². The first-order valence-electron chi connectivity index (χ1n) is 10.2. The summed E-state index contributed by atoms with van der Waals surface area (Å²) in [6, 6.07) is 36.4. The van der Waals surface area contributed by atoms with E-state index in [2.05, 4.69) is 109 Å². The highest BCUT2D eigenvalue weighted by atomic mass is 15.0. The molecule has 0 bridgehead atoms. The number of aromatic nitrogens is 2. The quantitative estimate of drug-likeness (QED) is 0.306. The first kappa shape index (κ1) is 17.0. The van der Waals surface area contributed by atoms with Gasteiger partial charge in [-0.2, -0.15) is 0 Å². The van der Waals surface area contributed by atoms with Crippen molar-refractivity contribution in [2.75, 3.05) is 0 Å². The van der Waals surface area contributed by atoms with Gasteiger partial charge in [-0.05, 0) is 48.9 Å². The second kappa shape index (κ2) is 6.57. The van der Waals surface area contributed by atoms with E-state index in [1.165, 1.54) is 32.8 Å². The van der Waals surface area contributed by atoms with Crippen molar-refractivity contribution in [3.05, 3.63) is 109 Å². The summed E-state index contributed by atoms with van der Waals surface area (Å²) in [6.07, 6.45) is 0. The lowest BCUT2D eigenvalue weighted by atomic mass is 10.0. The maximum Gasteiger partial charge on any atom is 0.0713 e. The molecule has 0 aliphatic carbocycles. The number of rotatable bonds is 2. The molecule has 142 valence electrons. The number of aryl methyl sites for hydroxylation is 1. The third kappa shape index (κ3) is 2.54. The van der Waals surface area contributed by atoms with E-state index >= 15 is 0 Å². The molecule has 0 radical (unpaired) electrons. The molecule has 6 rings (SSSR count). The third-order valence-electron chi connectivity index (χ3n) is 5.90. The molecule has 2 heteroatoms. The Hall–Kier alpha value is -3.91. The Labute approximate surface area is 175 Å². The van der Waals surface area contributed by atoms with E-state index in [4.69, 9.17) is 4.98 Å². The molecule has 4 aromatic carbocycles. The first-order valence-corrected chi connectivity index (χ1v) is 10.2. The number of hydrogen-bond donors (Lipinski definition) is 0. The van der Waals surface area contributed by atoms with E-state index in [9.17, 15) is 0 Å². The van der Waals surface area contributed by atoms with Crippen LogP contribution in [0.4, 0.5) is 0 Å². The minimum absolute atomic E-state index is 1.01. The van der Waals surface area contributed by atoms with E-state index in [1.54, 1.807) is 0 Å². The van der Waals surface area contributed by atoms with Crippen molar-refractivity contribution in [2.45, 2.75) is 6.92 Å². The molecule has 0 fully saturated rings. The normalized spacial score (nSPS) is 11.5. The Morgan fingerprint density at radius 1 is 0.600 bits per heavy atom. The second-order valence-corrected chi connectivity index (χ2v) is 7.76. The maximum atomic E-state index is 4.94. The Kier molecular flexibility index (Phi) is 3.72. The molecule has 0 aliphatic heterocycles. The summed E-state index contributed by atoms with van der Waals surface area (Å²) in [5.74, 6) is 0. The van der Waals surface area contributed by atoms with Gasteiger partial charge in [0.25, 0.3) is 0 Å². The van der Waals surface area contributed by atoms with Crippen LogP contribution in [0.25, 0.3) is 49.7 Å². The van der Waals surface area contributed by atoms with E-state index in [1.807, 2.05) is 6.07 Å². The molecule has 0 unspecified atom stereocenters. The standard InChI is InChI=1S/C28H20N2/c1-19-17-26(29-25-14-5-2-11-22(19)25)20-9-8-10-21(18-20)30-27-15-6-3-12-23(27)24-13-4-7-16-28(24)30/h2-18H,1H3. The van der Waals surface area contributed by atoms with Crippen molar-refractivity contribution in [1.82, 2.24) is 9.55 Å². The van der Waals surface area contributed by atoms with Crippen molar-refractivity contribution in [2.24, 2.45) is 0 Å². The van der Waals surface area contributed by atoms with Gasteiger partial charge in [-0.3, -0.25) is 0 Å². The number of benzene rings is 4. The summed E-state index contributed by atoms with van der Waals surface area (Å²) in [7, 11) is 0. The molecule has 0 amide bonds. The van der Waals surface area contributed by atoms with Gasteiger partial charge in [0.15, 0.2) is 0 Å². The van der Waals surface area contributed by atoms with Crippen molar-refractivity contribution < 1.29 is 0 Å². The first-order chi connectivity index (χ1) is 14.8. The summed E-state index contributed by atoms with van der Waals surface area (Å²) >= 11 is 0. The van der Waals surface area contributed by atoms with Gasteiger partial charge in [0.05, 0.1) is 22.2 Å². The second-order valence-electron chi connectivity index (χ2n) is 7.76. The summed E-state index contributed by atoms with van der Waals surface area (Å²) < 4.78 is 2.35. The van der Waals surface area contributed by atoms with Gasteiger partial charge in [-0.15, -0.1) is 0 Å². The van der Waals surface area contributed by atoms with Gasteiger partial charge >= 0.3 is 0 Å². The van der Waals surface area contributed by atoms with Crippen LogP contribution < -0.4 is 0 Å². The van der Waals surface area contributed by atoms with Crippen LogP contribution in [0.2, 0.25) is 0 Å². The molecular formula is C28H20N2. The van der Waals surface area contributed by atoms with Crippen molar-refractivity contribution in [3.63, 3.8) is 0 Å². The number of pyridine rings is 1. The van der Waals surface area contributed by atoms with Crippen LogP contribution in [0.1, 0.15) is 5.56 Å². The monoisotopic (exact) mass is 384 g/mol. The van der Waals surface area contributed by atoms with Gasteiger partial charge in [-0.25, -0.2) is 4.98 Å². The zero-order valence-corrected chi connectivity index (χ0v) is 16.7. The smallest absolute Gasteiger partial charge is 0.0713 e. The summed E-state index contributed by atoms with van der Waals surface area (Å²) in [4.78, 5) is 4.94. The molecule has 2 heterocycles. The van der Waals surface area contributed by atoms with Crippen LogP contribution in [0, 0.1) is 6.92 Å². The van der Waals surface area contributed by atoms with Gasteiger partial charge in [0.2, 0.25) is 0 Å². The molecule has 0 saturated heterocycles. The SMILES string of the molecule is Cc1cc(-c2cccc(-n3c4ccccc4c4ccccc43)c2)nc2ccccc12. The van der Waals surface area contributed by atoms with E-state index in [0.29, 0.717) is 0 Å². The van der Waals surface area contributed by atoms with Crippen LogP contribution in [0.5, 0.6) is 0 Å². The molecule has 2 nitrogen and oxygen atoms in total. The average Bonchev–Trinajstić information content (AvgIpc) is 3.14. The number of nitrogens with zero attached hydrogens (tertiary/aromatic N) is 2. The Morgan fingerprint density at radius 3 is 1.97 bits per heavy atom. The van der Waals surface area contributed by atoms with Gasteiger partial charge in [0, 0.05) is 27.4 Å². The topological polar surface area (TPSA) is 17.8 Å². The zero-order chi connectivity index (χ0) is 20.1. The lowest BCUT2D eigenvalue weighted by Crippen LogP contribution is -1.95. The highest BCUT2D eigenvalue weighted by Gasteiger charge is 2.12. The molecule has 0 N–H and O–H groups in total. The molecule has 0 saturated carbocycles. The number of fused-ring (bicyclic) bond motifs is 4. The van der Waals surface area contributed by atoms with Gasteiger partial charge < -0.3 is 4.57 Å². The van der Waals surface area contributed by atoms with Crippen LogP contribution in [0.3, 0.4) is 0 Å². The number of hydrogen-bond acceptors (Lipinski definition) is 1. The Bertz CT molecular complexity index is 1500. The molecule has 6 aromatic rings. The van der Waals surface area contributed by atoms with E-state index in [0.717, 1.165) is 22.5 Å². The Morgan fingerprint density at radius 2 is 1.23 bits per heavy atom. The highest BCUT2D eigenvalue weighted by Crippen LogP contribution is 2.33. The van der Waals surface area contributed by atoms with Crippen molar-refractivity contribution in [1.29, 1.82) is 0 Å². The van der Waals surface area contributed by atoms with Gasteiger partial charge in [-0.1, -0.05) is 66.7 Å². The van der Waals surface area contributed by atoms with Crippen molar-refractivity contribution in [3.8, 4) is 16.9 Å². The van der Waals surface area contributed by atoms with Crippen LogP contribution >= 0.6 is 0 Å². The largest absolute Gasteiger partial charge is 0.309 e. The fourth-order valence-electron chi connectivity index (χ4n) is 4.50. The molecular weight excluding hydrogens is 364 g/mol. The van der Waals surface area contributed by atoms with Crippen molar-refractivity contribution >= 4 is 32.7 Å². The fraction of sp³-hybridized carbons (Fsp3) is 0.0357. The minimum Gasteiger partial charge on any atom is -0.309 e. The summed E-state index contributed by atoms with van der Waals surface area (Å²) in [5.41, 5.74) is 8.01. The summed E-state index contributed by atoms with van der Waals surface area (Å²) in [6.45, 7) is 2.16. The highest BCUT2D eigenvalue weighted by molar-refractivity contribution is 6.09. The lowest BCUT2D eigenvalue weighted by Gasteiger charge is -2.11. The van der Waals surface area contributed by atoms with E-state index in [-0.39, 0.29) is 0 Å². The predicted molar refractivity (Wildman–Crippen MR) is 126 cm³/mol. The predicted octanol–water partition coefficient (Wildman–Crippen LogP) is 7.31. The molecule has 2 aromatic heterocycles. The summed E-state index contributed by atoms with van der Waals surface area (Å²) in [5, 5.41) is 3.76. The van der Waals surface area contributed by atoms with E-state index < -0.39 is 0 Å². The Balaban J connectivity index is 1.60. The number of para-hydroxylation sites is 3. The minimum atomic E-state index is 1.01. The average molecular weight is 384 g/mol. The lowest BCUT2D eigenvalue weighted by molar-refractivity contribution is 1.18. The zero-order valence-electron chi connectivity index (χ0n) is 16.7. The van der Waals surface area contributed by atoms with Crippen LogP contribution in [-0.4, -0.2) is 9.55 Å². The fourth-order valence-corrected chi connectivity index (χ4v) is 4.50. The molecule has 0 spiro atoms.